The van der Waals surface area contributed by atoms with Crippen molar-refractivity contribution in [3.8, 4) is 0 Å². The van der Waals surface area contributed by atoms with E-state index in [1.54, 1.807) is 0 Å². The van der Waals surface area contributed by atoms with E-state index in [0.29, 0.717) is 13.0 Å². The molecular weight excluding hydrogens is 284 g/mol. The van der Waals surface area contributed by atoms with Gasteiger partial charge in [0.15, 0.2) is 8.32 Å². The Morgan fingerprint density at radius 1 is 1.33 bits per heavy atom. The Bertz CT molecular complexity index is 402. The number of hydrogen-bond acceptors (Lipinski definition) is 4. The van der Waals surface area contributed by atoms with Crippen molar-refractivity contribution >= 4 is 14.3 Å². The molecule has 122 valence electrons. The van der Waals surface area contributed by atoms with Gasteiger partial charge in [0, 0.05) is 31.5 Å². The zero-order chi connectivity index (χ0) is 15.9. The van der Waals surface area contributed by atoms with Gasteiger partial charge < -0.3 is 14.3 Å². The maximum Gasteiger partial charge on any atom is 0.306 e. The zero-order valence-corrected chi connectivity index (χ0v) is 15.1. The van der Waals surface area contributed by atoms with E-state index >= 15 is 0 Å². The second kappa shape index (κ2) is 5.67. The van der Waals surface area contributed by atoms with Gasteiger partial charge in [-0.2, -0.15) is 0 Å². The van der Waals surface area contributed by atoms with Gasteiger partial charge in [-0.15, -0.1) is 0 Å². The molecule has 2 rings (SSSR count). The first-order valence-corrected chi connectivity index (χ1v) is 11.0. The third-order valence-corrected chi connectivity index (χ3v) is 10.4. The lowest BCUT2D eigenvalue weighted by Gasteiger charge is -2.40. The van der Waals surface area contributed by atoms with Crippen molar-refractivity contribution in [1.82, 2.24) is 0 Å². The Morgan fingerprint density at radius 3 is 2.43 bits per heavy atom. The number of hydrogen-bond donors (Lipinski definition) is 1. The van der Waals surface area contributed by atoms with Gasteiger partial charge in [-0.25, -0.2) is 0 Å². The van der Waals surface area contributed by atoms with Crippen LogP contribution in [0.3, 0.4) is 0 Å². The van der Waals surface area contributed by atoms with Crippen LogP contribution >= 0.6 is 0 Å². The standard InChI is InChI=1S/C16H30O4Si/c1-15(2,3)21(4,5)19-11-13-7-6-12(10-17)16(13)9-8-14(18)20-16/h12-13,17H,6-11H2,1-5H3/t12-,13+,16-/m1/s1. The normalized spacial score (nSPS) is 33.7. The van der Waals surface area contributed by atoms with E-state index in [9.17, 15) is 9.90 Å². The fourth-order valence-corrected chi connectivity index (χ4v) is 4.46. The fourth-order valence-electron chi connectivity index (χ4n) is 3.41. The number of aliphatic hydroxyl groups excluding tert-OH is 1. The largest absolute Gasteiger partial charge is 0.458 e. The third kappa shape index (κ3) is 3.05. The summed E-state index contributed by atoms with van der Waals surface area (Å²) < 4.78 is 12.1. The van der Waals surface area contributed by atoms with Crippen LogP contribution in [0, 0.1) is 11.8 Å². The average Bonchev–Trinajstić information content (AvgIpc) is 2.90. The summed E-state index contributed by atoms with van der Waals surface area (Å²) in [5.74, 6) is 0.194. The highest BCUT2D eigenvalue weighted by molar-refractivity contribution is 6.74. The van der Waals surface area contributed by atoms with Gasteiger partial charge in [-0.3, -0.25) is 4.79 Å². The van der Waals surface area contributed by atoms with E-state index < -0.39 is 13.9 Å². The summed E-state index contributed by atoms with van der Waals surface area (Å²) in [6.07, 6.45) is 3.12. The van der Waals surface area contributed by atoms with Crippen LogP contribution in [0.1, 0.15) is 46.5 Å². The number of carbonyl (C=O) groups excluding carboxylic acids is 1. The zero-order valence-electron chi connectivity index (χ0n) is 14.1. The Hall–Kier alpha value is -0.393. The minimum absolute atomic E-state index is 0.0805. The van der Waals surface area contributed by atoms with Crippen LogP contribution in [-0.2, 0) is 14.0 Å². The molecule has 1 aliphatic heterocycles. The number of esters is 1. The monoisotopic (exact) mass is 314 g/mol. The van der Waals surface area contributed by atoms with Gasteiger partial charge >= 0.3 is 5.97 Å². The summed E-state index contributed by atoms with van der Waals surface area (Å²) >= 11 is 0. The van der Waals surface area contributed by atoms with E-state index in [1.807, 2.05) is 0 Å². The first-order valence-electron chi connectivity index (χ1n) is 8.09. The molecule has 1 aliphatic carbocycles. The van der Waals surface area contributed by atoms with Gasteiger partial charge in [0.1, 0.15) is 5.60 Å². The van der Waals surface area contributed by atoms with Crippen LogP contribution in [0.4, 0.5) is 0 Å². The molecule has 4 nitrogen and oxygen atoms in total. The van der Waals surface area contributed by atoms with Gasteiger partial charge in [0.25, 0.3) is 0 Å². The molecule has 1 N–H and O–H groups in total. The van der Waals surface area contributed by atoms with Gasteiger partial charge in [0.05, 0.1) is 0 Å². The molecule has 1 spiro atoms. The van der Waals surface area contributed by atoms with Crippen LogP contribution in [0.15, 0.2) is 0 Å². The van der Waals surface area contributed by atoms with E-state index in [-0.39, 0.29) is 29.5 Å². The Kier molecular flexibility index (Phi) is 4.58. The van der Waals surface area contributed by atoms with E-state index in [2.05, 4.69) is 33.9 Å². The van der Waals surface area contributed by atoms with Crippen molar-refractivity contribution in [3.63, 3.8) is 0 Å². The summed E-state index contributed by atoms with van der Waals surface area (Å²) in [5, 5.41) is 9.81. The molecule has 5 heteroatoms. The summed E-state index contributed by atoms with van der Waals surface area (Å²) in [4.78, 5) is 11.6. The predicted molar refractivity (Wildman–Crippen MR) is 84.5 cm³/mol. The van der Waals surface area contributed by atoms with Crippen molar-refractivity contribution < 1.29 is 19.1 Å². The summed E-state index contributed by atoms with van der Waals surface area (Å²) in [6.45, 7) is 11.9. The highest BCUT2D eigenvalue weighted by Gasteiger charge is 2.56. The Labute approximate surface area is 129 Å². The van der Waals surface area contributed by atoms with Crippen molar-refractivity contribution in [3.05, 3.63) is 0 Å². The Morgan fingerprint density at radius 2 is 1.95 bits per heavy atom. The topological polar surface area (TPSA) is 55.8 Å². The third-order valence-electron chi connectivity index (χ3n) is 5.94. The molecule has 0 amide bonds. The lowest BCUT2D eigenvalue weighted by atomic mass is 9.82. The van der Waals surface area contributed by atoms with Crippen molar-refractivity contribution in [2.75, 3.05) is 13.2 Å². The molecule has 0 aromatic carbocycles. The first-order chi connectivity index (χ1) is 9.62. The van der Waals surface area contributed by atoms with Crippen LogP contribution in [0.25, 0.3) is 0 Å². The van der Waals surface area contributed by atoms with Gasteiger partial charge in [-0.1, -0.05) is 20.8 Å². The predicted octanol–water partition coefficient (Wildman–Crippen LogP) is 3.10. The Balaban J connectivity index is 2.08. The number of ether oxygens (including phenoxy) is 1. The molecule has 0 aromatic rings. The second-order valence-corrected chi connectivity index (χ2v) is 13.0. The second-order valence-electron chi connectivity index (χ2n) is 8.15. The molecule has 2 fully saturated rings. The van der Waals surface area contributed by atoms with Gasteiger partial charge in [-0.05, 0) is 37.4 Å². The summed E-state index contributed by atoms with van der Waals surface area (Å²) in [5.41, 5.74) is -0.464. The molecule has 1 heterocycles. The summed E-state index contributed by atoms with van der Waals surface area (Å²) in [7, 11) is -1.79. The number of rotatable bonds is 4. The molecule has 21 heavy (non-hydrogen) atoms. The van der Waals surface area contributed by atoms with Crippen molar-refractivity contribution in [2.45, 2.75) is 70.2 Å². The number of carbonyl (C=O) groups is 1. The van der Waals surface area contributed by atoms with Crippen LogP contribution in [-0.4, -0.2) is 38.2 Å². The first kappa shape index (κ1) is 17.0. The molecule has 0 unspecified atom stereocenters. The summed E-state index contributed by atoms with van der Waals surface area (Å²) in [6, 6.07) is 0. The highest BCUT2D eigenvalue weighted by atomic mass is 28.4. The maximum absolute atomic E-state index is 11.6. The highest BCUT2D eigenvalue weighted by Crippen LogP contribution is 2.50. The smallest absolute Gasteiger partial charge is 0.306 e. The molecule has 0 aromatic heterocycles. The van der Waals surface area contributed by atoms with Gasteiger partial charge in [0.2, 0.25) is 0 Å². The molecular formula is C16H30O4Si. The van der Waals surface area contributed by atoms with Crippen molar-refractivity contribution in [2.24, 2.45) is 11.8 Å². The molecule has 0 bridgehead atoms. The maximum atomic E-state index is 11.6. The minimum Gasteiger partial charge on any atom is -0.458 e. The quantitative estimate of drug-likeness (QED) is 0.640. The lowest BCUT2D eigenvalue weighted by Crippen LogP contribution is -2.47. The molecule has 0 radical (unpaired) electrons. The molecule has 3 atom stereocenters. The number of aliphatic hydroxyl groups is 1. The van der Waals surface area contributed by atoms with E-state index in [0.717, 1.165) is 19.3 Å². The van der Waals surface area contributed by atoms with Crippen LogP contribution < -0.4 is 0 Å². The lowest BCUT2D eigenvalue weighted by molar-refractivity contribution is -0.157. The molecule has 2 aliphatic rings. The average molecular weight is 314 g/mol. The fraction of sp³-hybridized carbons (Fsp3) is 0.938. The minimum atomic E-state index is -1.79. The van der Waals surface area contributed by atoms with Crippen molar-refractivity contribution in [1.29, 1.82) is 0 Å². The van der Waals surface area contributed by atoms with E-state index in [4.69, 9.17) is 9.16 Å². The SMILES string of the molecule is CC(C)(C)[Si](C)(C)OC[C@@H]1CC[C@H](CO)[C@]12CCC(=O)O2. The van der Waals surface area contributed by atoms with E-state index in [1.165, 1.54) is 0 Å². The van der Waals surface area contributed by atoms with Crippen LogP contribution in [0.5, 0.6) is 0 Å². The molecule has 1 saturated carbocycles. The molecule has 1 saturated heterocycles. The van der Waals surface area contributed by atoms with Crippen LogP contribution in [0.2, 0.25) is 18.1 Å².